The van der Waals surface area contributed by atoms with Gasteiger partial charge >= 0.3 is 0 Å². The van der Waals surface area contributed by atoms with E-state index in [9.17, 15) is 13.2 Å². The van der Waals surface area contributed by atoms with Gasteiger partial charge in [0, 0.05) is 32.6 Å². The fourth-order valence-electron chi connectivity index (χ4n) is 3.18. The molecule has 2 heterocycles. The van der Waals surface area contributed by atoms with E-state index in [1.54, 1.807) is 35.2 Å². The Balaban J connectivity index is 0.00000208. The first-order valence-electron chi connectivity index (χ1n) is 8.11. The van der Waals surface area contributed by atoms with Gasteiger partial charge in [-0.2, -0.15) is 4.31 Å². The van der Waals surface area contributed by atoms with E-state index in [0.29, 0.717) is 43.4 Å². The quantitative estimate of drug-likeness (QED) is 0.852. The van der Waals surface area contributed by atoms with E-state index in [-0.39, 0.29) is 18.3 Å². The maximum atomic E-state index is 12.6. The van der Waals surface area contributed by atoms with Gasteiger partial charge < -0.3 is 10.2 Å². The summed E-state index contributed by atoms with van der Waals surface area (Å²) in [6, 6.07) is 8.47. The normalized spacial score (nSPS) is 22.2. The molecule has 2 aliphatic rings. The summed E-state index contributed by atoms with van der Waals surface area (Å²) in [5.74, 6) is 0.573. The molecule has 0 spiro atoms. The Hall–Kier alpha value is -1.15. The van der Waals surface area contributed by atoms with Crippen LogP contribution in [-0.2, 0) is 14.8 Å². The van der Waals surface area contributed by atoms with Crippen molar-refractivity contribution in [2.75, 3.05) is 39.3 Å². The number of benzene rings is 1. The topological polar surface area (TPSA) is 69.7 Å². The number of halogens is 1. The summed E-state index contributed by atoms with van der Waals surface area (Å²) in [5.41, 5.74) is 0. The second-order valence-electron chi connectivity index (χ2n) is 6.16. The Morgan fingerprint density at radius 2 is 1.79 bits per heavy atom. The van der Waals surface area contributed by atoms with Gasteiger partial charge in [0.15, 0.2) is 0 Å². The molecule has 1 amide bonds. The first kappa shape index (κ1) is 19.2. The lowest BCUT2D eigenvalue weighted by Crippen LogP contribution is -2.50. The molecule has 0 bridgehead atoms. The first-order valence-corrected chi connectivity index (χ1v) is 9.55. The van der Waals surface area contributed by atoms with Gasteiger partial charge in [-0.25, -0.2) is 8.42 Å². The molecule has 2 saturated heterocycles. The van der Waals surface area contributed by atoms with E-state index in [2.05, 4.69) is 5.32 Å². The molecule has 3 rings (SSSR count). The number of hydrogen-bond acceptors (Lipinski definition) is 4. The highest BCUT2D eigenvalue weighted by Crippen LogP contribution is 2.19. The van der Waals surface area contributed by atoms with Crippen molar-refractivity contribution in [1.82, 2.24) is 14.5 Å². The fraction of sp³-hybridized carbons (Fsp3) is 0.562. The molecule has 8 heteroatoms. The van der Waals surface area contributed by atoms with Crippen LogP contribution in [0.4, 0.5) is 0 Å². The molecule has 1 N–H and O–H groups in total. The van der Waals surface area contributed by atoms with Gasteiger partial charge in [-0.15, -0.1) is 12.4 Å². The van der Waals surface area contributed by atoms with Crippen LogP contribution in [0.3, 0.4) is 0 Å². The lowest BCUT2D eigenvalue weighted by atomic mass is 10.0. The third-order valence-electron chi connectivity index (χ3n) is 4.60. The molecule has 1 unspecified atom stereocenters. The molecule has 1 aromatic rings. The van der Waals surface area contributed by atoms with Gasteiger partial charge in [0.2, 0.25) is 15.9 Å². The van der Waals surface area contributed by atoms with Crippen molar-refractivity contribution in [3.8, 4) is 0 Å². The third-order valence-corrected chi connectivity index (χ3v) is 6.51. The minimum absolute atomic E-state index is 0. The predicted molar refractivity (Wildman–Crippen MR) is 94.6 cm³/mol. The number of nitrogens with one attached hydrogen (secondary N) is 1. The average Bonchev–Trinajstić information content (AvgIpc) is 3.09. The second-order valence-corrected chi connectivity index (χ2v) is 8.10. The molecule has 6 nitrogen and oxygen atoms in total. The molecule has 0 aromatic heterocycles. The SMILES string of the molecule is Cl.O=C(CC1CCNC1)N1CCN(S(=O)(=O)c2ccccc2)CC1. The Bertz CT molecular complexity index is 640. The Morgan fingerprint density at radius 3 is 2.38 bits per heavy atom. The molecule has 0 saturated carbocycles. The molecular weight excluding hydrogens is 350 g/mol. The molecule has 2 fully saturated rings. The van der Waals surface area contributed by atoms with E-state index < -0.39 is 10.0 Å². The highest BCUT2D eigenvalue weighted by Gasteiger charge is 2.30. The van der Waals surface area contributed by atoms with Crippen molar-refractivity contribution in [2.24, 2.45) is 5.92 Å². The summed E-state index contributed by atoms with van der Waals surface area (Å²) in [6.45, 7) is 3.59. The number of amides is 1. The van der Waals surface area contributed by atoms with Crippen LogP contribution < -0.4 is 5.32 Å². The Kier molecular flexibility index (Phi) is 6.62. The zero-order chi connectivity index (χ0) is 16.3. The van der Waals surface area contributed by atoms with Crippen LogP contribution in [0.1, 0.15) is 12.8 Å². The standard InChI is InChI=1S/C16H23N3O3S.ClH/c20-16(12-14-6-7-17-13-14)18-8-10-19(11-9-18)23(21,22)15-4-2-1-3-5-15;/h1-5,14,17H,6-13H2;1H. The number of sulfonamides is 1. The van der Waals surface area contributed by atoms with Crippen molar-refractivity contribution in [1.29, 1.82) is 0 Å². The monoisotopic (exact) mass is 373 g/mol. The van der Waals surface area contributed by atoms with Gasteiger partial charge in [-0.1, -0.05) is 18.2 Å². The number of piperazine rings is 1. The smallest absolute Gasteiger partial charge is 0.243 e. The third kappa shape index (κ3) is 4.27. The first-order chi connectivity index (χ1) is 11.1. The van der Waals surface area contributed by atoms with E-state index >= 15 is 0 Å². The average molecular weight is 374 g/mol. The summed E-state index contributed by atoms with van der Waals surface area (Å²) in [7, 11) is -3.45. The summed E-state index contributed by atoms with van der Waals surface area (Å²) in [5, 5.41) is 3.27. The van der Waals surface area contributed by atoms with E-state index in [1.165, 1.54) is 4.31 Å². The highest BCUT2D eigenvalue weighted by atomic mass is 35.5. The molecular formula is C16H24ClN3O3S. The van der Waals surface area contributed by atoms with Crippen LogP contribution in [0.15, 0.2) is 35.2 Å². The number of nitrogens with zero attached hydrogens (tertiary/aromatic N) is 2. The van der Waals surface area contributed by atoms with Crippen LogP contribution in [-0.4, -0.2) is 62.8 Å². The van der Waals surface area contributed by atoms with Gasteiger partial charge in [0.25, 0.3) is 0 Å². The van der Waals surface area contributed by atoms with Crippen molar-refractivity contribution >= 4 is 28.3 Å². The maximum Gasteiger partial charge on any atom is 0.243 e. The summed E-state index contributed by atoms with van der Waals surface area (Å²) in [4.78, 5) is 14.4. The van der Waals surface area contributed by atoms with Crippen molar-refractivity contribution < 1.29 is 13.2 Å². The number of hydrogen-bond donors (Lipinski definition) is 1. The van der Waals surface area contributed by atoms with E-state index in [4.69, 9.17) is 0 Å². The molecule has 0 aliphatic carbocycles. The van der Waals surface area contributed by atoms with Crippen molar-refractivity contribution in [3.05, 3.63) is 30.3 Å². The summed E-state index contributed by atoms with van der Waals surface area (Å²) >= 11 is 0. The van der Waals surface area contributed by atoms with Gasteiger partial charge in [0.1, 0.15) is 0 Å². The van der Waals surface area contributed by atoms with E-state index in [1.807, 2.05) is 0 Å². The molecule has 0 radical (unpaired) electrons. The second kappa shape index (κ2) is 8.29. The number of rotatable bonds is 4. The molecule has 134 valence electrons. The van der Waals surface area contributed by atoms with Crippen LogP contribution in [0.25, 0.3) is 0 Å². The van der Waals surface area contributed by atoms with Crippen LogP contribution >= 0.6 is 12.4 Å². The lowest BCUT2D eigenvalue weighted by molar-refractivity contribution is -0.133. The van der Waals surface area contributed by atoms with E-state index in [0.717, 1.165) is 19.5 Å². The summed E-state index contributed by atoms with van der Waals surface area (Å²) in [6.07, 6.45) is 1.62. The largest absolute Gasteiger partial charge is 0.340 e. The Labute approximate surface area is 149 Å². The van der Waals surface area contributed by atoms with Gasteiger partial charge in [0.05, 0.1) is 4.90 Å². The molecule has 1 atom stereocenters. The maximum absolute atomic E-state index is 12.6. The lowest BCUT2D eigenvalue weighted by Gasteiger charge is -2.34. The minimum atomic E-state index is -3.45. The van der Waals surface area contributed by atoms with Crippen molar-refractivity contribution in [3.63, 3.8) is 0 Å². The molecule has 1 aromatic carbocycles. The molecule has 2 aliphatic heterocycles. The highest BCUT2D eigenvalue weighted by molar-refractivity contribution is 7.89. The number of carbonyl (C=O) groups is 1. The van der Waals surface area contributed by atoms with Crippen LogP contribution in [0.5, 0.6) is 0 Å². The van der Waals surface area contributed by atoms with Crippen LogP contribution in [0.2, 0.25) is 0 Å². The molecule has 24 heavy (non-hydrogen) atoms. The fourth-order valence-corrected chi connectivity index (χ4v) is 4.63. The van der Waals surface area contributed by atoms with Gasteiger partial charge in [-0.05, 0) is 37.6 Å². The van der Waals surface area contributed by atoms with Crippen molar-refractivity contribution in [2.45, 2.75) is 17.7 Å². The number of carbonyl (C=O) groups excluding carboxylic acids is 1. The Morgan fingerprint density at radius 1 is 1.12 bits per heavy atom. The van der Waals surface area contributed by atoms with Crippen LogP contribution in [0, 0.1) is 5.92 Å². The predicted octanol–water partition coefficient (Wildman–Crippen LogP) is 0.941. The zero-order valence-corrected chi connectivity index (χ0v) is 15.2. The minimum Gasteiger partial charge on any atom is -0.340 e. The summed E-state index contributed by atoms with van der Waals surface area (Å²) < 4.78 is 26.6. The van der Waals surface area contributed by atoms with Gasteiger partial charge in [-0.3, -0.25) is 4.79 Å². The zero-order valence-electron chi connectivity index (χ0n) is 13.6.